The van der Waals surface area contributed by atoms with Gasteiger partial charge in [-0.05, 0) is 6.07 Å². The van der Waals surface area contributed by atoms with Gasteiger partial charge in [-0.25, -0.2) is 0 Å². The first kappa shape index (κ1) is 11.6. The second-order valence-electron chi connectivity index (χ2n) is 5.79. The van der Waals surface area contributed by atoms with E-state index in [9.17, 15) is 0 Å². The summed E-state index contributed by atoms with van der Waals surface area (Å²) in [6.07, 6.45) is 0. The maximum Gasteiger partial charge on any atom is 0.128 e. The first-order valence-electron chi connectivity index (χ1n) is 4.92. The minimum atomic E-state index is -0.0272. The van der Waals surface area contributed by atoms with Gasteiger partial charge in [0.05, 0.1) is 5.02 Å². The maximum absolute atomic E-state index is 6.14. The lowest BCUT2D eigenvalue weighted by Crippen LogP contribution is -2.12. The smallest absolute Gasteiger partial charge is 0.128 e. The monoisotopic (exact) mass is 214 g/mol. The molecule has 0 amide bonds. The average molecular weight is 215 g/mol. The third kappa shape index (κ3) is 2.33. The summed E-state index contributed by atoms with van der Waals surface area (Å²) < 4.78 is 5.81. The molecular formula is C12H19ClO. The van der Waals surface area contributed by atoms with Crippen LogP contribution in [-0.2, 0) is 10.8 Å². The zero-order chi connectivity index (χ0) is 11.1. The van der Waals surface area contributed by atoms with Crippen molar-refractivity contribution in [2.24, 2.45) is 0 Å². The van der Waals surface area contributed by atoms with Crippen LogP contribution in [0.4, 0.5) is 0 Å². The van der Waals surface area contributed by atoms with Crippen LogP contribution in [0.1, 0.15) is 53.1 Å². The Balaban J connectivity index is 3.19. The maximum atomic E-state index is 6.14. The summed E-state index contributed by atoms with van der Waals surface area (Å²) in [5.41, 5.74) is -0.00623. The summed E-state index contributed by atoms with van der Waals surface area (Å²) in [6, 6.07) is 1.93. The Hall–Kier alpha value is -0.430. The van der Waals surface area contributed by atoms with E-state index in [1.807, 2.05) is 6.07 Å². The molecule has 80 valence electrons. The zero-order valence-electron chi connectivity index (χ0n) is 9.86. The molecule has 0 N–H and O–H groups in total. The van der Waals surface area contributed by atoms with E-state index in [4.69, 9.17) is 16.0 Å². The summed E-state index contributed by atoms with van der Waals surface area (Å²) in [4.78, 5) is 0. The third-order valence-electron chi connectivity index (χ3n) is 2.11. The second-order valence-corrected chi connectivity index (χ2v) is 6.19. The van der Waals surface area contributed by atoms with Crippen molar-refractivity contribution in [3.8, 4) is 0 Å². The van der Waals surface area contributed by atoms with Crippen LogP contribution in [0.3, 0.4) is 0 Å². The van der Waals surface area contributed by atoms with Crippen LogP contribution in [-0.4, -0.2) is 0 Å². The fourth-order valence-corrected chi connectivity index (χ4v) is 1.67. The van der Waals surface area contributed by atoms with Gasteiger partial charge in [-0.15, -0.1) is 0 Å². The second kappa shape index (κ2) is 3.30. The van der Waals surface area contributed by atoms with Crippen LogP contribution in [0, 0.1) is 0 Å². The van der Waals surface area contributed by atoms with E-state index in [-0.39, 0.29) is 10.8 Å². The van der Waals surface area contributed by atoms with Crippen molar-refractivity contribution >= 4 is 11.6 Å². The lowest BCUT2D eigenvalue weighted by atomic mass is 9.93. The molecule has 0 aliphatic carbocycles. The number of hydrogen-bond acceptors (Lipinski definition) is 1. The van der Waals surface area contributed by atoms with Gasteiger partial charge in [-0.3, -0.25) is 0 Å². The number of furan rings is 1. The lowest BCUT2D eigenvalue weighted by molar-refractivity contribution is 0.344. The molecule has 0 radical (unpaired) electrons. The highest BCUT2D eigenvalue weighted by molar-refractivity contribution is 6.31. The lowest BCUT2D eigenvalue weighted by Gasteiger charge is -2.18. The van der Waals surface area contributed by atoms with E-state index < -0.39 is 0 Å². The molecule has 0 fully saturated rings. The molecule has 0 spiro atoms. The first-order chi connectivity index (χ1) is 6.12. The molecule has 0 aliphatic rings. The van der Waals surface area contributed by atoms with Gasteiger partial charge in [0.2, 0.25) is 0 Å². The Bertz CT molecular complexity index is 323. The SMILES string of the molecule is CC(C)(C)c1cc(Cl)c(C(C)(C)C)o1. The van der Waals surface area contributed by atoms with Crippen molar-refractivity contribution in [2.75, 3.05) is 0 Å². The molecule has 0 saturated carbocycles. The van der Waals surface area contributed by atoms with E-state index in [2.05, 4.69) is 41.5 Å². The molecule has 14 heavy (non-hydrogen) atoms. The zero-order valence-corrected chi connectivity index (χ0v) is 10.6. The van der Waals surface area contributed by atoms with Gasteiger partial charge in [-0.2, -0.15) is 0 Å². The highest BCUT2D eigenvalue weighted by atomic mass is 35.5. The fraction of sp³-hybridized carbons (Fsp3) is 0.667. The molecule has 1 aromatic heterocycles. The van der Waals surface area contributed by atoms with E-state index in [1.54, 1.807) is 0 Å². The molecule has 0 aromatic carbocycles. The summed E-state index contributed by atoms with van der Waals surface area (Å²) >= 11 is 6.14. The first-order valence-corrected chi connectivity index (χ1v) is 5.30. The van der Waals surface area contributed by atoms with Crippen LogP contribution in [0.5, 0.6) is 0 Å². The van der Waals surface area contributed by atoms with Crippen molar-refractivity contribution in [1.82, 2.24) is 0 Å². The van der Waals surface area contributed by atoms with E-state index in [0.717, 1.165) is 16.5 Å². The minimum absolute atomic E-state index is 0.0210. The highest BCUT2D eigenvalue weighted by Gasteiger charge is 2.26. The molecule has 1 aromatic rings. The van der Waals surface area contributed by atoms with E-state index in [0.29, 0.717) is 0 Å². The van der Waals surface area contributed by atoms with Crippen LogP contribution in [0.2, 0.25) is 5.02 Å². The Morgan fingerprint density at radius 1 is 1.00 bits per heavy atom. The summed E-state index contributed by atoms with van der Waals surface area (Å²) in [7, 11) is 0. The fourth-order valence-electron chi connectivity index (χ4n) is 1.25. The Morgan fingerprint density at radius 3 is 1.71 bits per heavy atom. The average Bonchev–Trinajstić information content (AvgIpc) is 2.27. The van der Waals surface area contributed by atoms with Gasteiger partial charge >= 0.3 is 0 Å². The van der Waals surface area contributed by atoms with Crippen LogP contribution in [0.15, 0.2) is 10.5 Å². The molecule has 1 nitrogen and oxygen atoms in total. The summed E-state index contributed by atoms with van der Waals surface area (Å²) in [5.74, 6) is 1.83. The standard InChI is InChI=1S/C12H19ClO/c1-11(2,3)9-7-8(13)10(14-9)12(4,5)6/h7H,1-6H3. The largest absolute Gasteiger partial charge is 0.463 e. The quantitative estimate of drug-likeness (QED) is 0.619. The van der Waals surface area contributed by atoms with Crippen molar-refractivity contribution in [1.29, 1.82) is 0 Å². The number of rotatable bonds is 0. The number of hydrogen-bond donors (Lipinski definition) is 0. The van der Waals surface area contributed by atoms with Crippen molar-refractivity contribution in [3.05, 3.63) is 22.6 Å². The van der Waals surface area contributed by atoms with Gasteiger partial charge in [0.15, 0.2) is 0 Å². The Kier molecular flexibility index (Phi) is 2.75. The molecule has 1 rings (SSSR count). The van der Waals surface area contributed by atoms with Crippen LogP contribution < -0.4 is 0 Å². The highest BCUT2D eigenvalue weighted by Crippen LogP contribution is 2.36. The van der Waals surface area contributed by atoms with Crippen molar-refractivity contribution in [3.63, 3.8) is 0 Å². The molecule has 0 unspecified atom stereocenters. The predicted molar refractivity (Wildman–Crippen MR) is 61.1 cm³/mol. The van der Waals surface area contributed by atoms with E-state index in [1.165, 1.54) is 0 Å². The van der Waals surface area contributed by atoms with Gasteiger partial charge in [0.25, 0.3) is 0 Å². The summed E-state index contributed by atoms with van der Waals surface area (Å²) in [6.45, 7) is 12.7. The van der Waals surface area contributed by atoms with Gasteiger partial charge in [-0.1, -0.05) is 53.1 Å². The molecule has 0 aliphatic heterocycles. The van der Waals surface area contributed by atoms with Crippen LogP contribution >= 0.6 is 11.6 Å². The minimum Gasteiger partial charge on any atom is -0.463 e. The molecule has 0 saturated heterocycles. The molecule has 0 atom stereocenters. The van der Waals surface area contributed by atoms with Crippen molar-refractivity contribution < 1.29 is 4.42 Å². The Labute approximate surface area is 91.4 Å². The molecule has 1 heterocycles. The summed E-state index contributed by atoms with van der Waals surface area (Å²) in [5, 5.41) is 0.738. The van der Waals surface area contributed by atoms with Gasteiger partial charge < -0.3 is 4.42 Å². The topological polar surface area (TPSA) is 13.1 Å². The molecular weight excluding hydrogens is 196 g/mol. The normalized spacial score (nSPS) is 13.4. The van der Waals surface area contributed by atoms with Crippen LogP contribution in [0.25, 0.3) is 0 Å². The van der Waals surface area contributed by atoms with Crippen molar-refractivity contribution in [2.45, 2.75) is 52.4 Å². The third-order valence-corrected chi connectivity index (χ3v) is 2.39. The number of halogens is 1. The molecule has 2 heteroatoms. The predicted octanol–water partition coefficient (Wildman–Crippen LogP) is 4.53. The Morgan fingerprint density at radius 2 is 1.50 bits per heavy atom. The van der Waals surface area contributed by atoms with Gasteiger partial charge in [0, 0.05) is 10.8 Å². The van der Waals surface area contributed by atoms with Gasteiger partial charge in [0.1, 0.15) is 11.5 Å². The van der Waals surface area contributed by atoms with E-state index >= 15 is 0 Å². The molecule has 0 bridgehead atoms.